The number of carbonyl (C=O) groups excluding carboxylic acids is 2. The number of nitrogens with one attached hydrogen (secondary N) is 3. The predicted octanol–water partition coefficient (Wildman–Crippen LogP) is 5.16. The van der Waals surface area contributed by atoms with Gasteiger partial charge in [-0.2, -0.15) is 10.3 Å². The molecule has 0 saturated carbocycles. The predicted molar refractivity (Wildman–Crippen MR) is 148 cm³/mol. The summed E-state index contributed by atoms with van der Waals surface area (Å²) in [6, 6.07) is 23.3. The maximum absolute atomic E-state index is 13.4. The minimum Gasteiger partial charge on any atom is -0.344 e. The van der Waals surface area contributed by atoms with E-state index in [1.54, 1.807) is 53.2 Å². The molecule has 0 radical (unpaired) electrons. The Morgan fingerprint density at radius 2 is 1.72 bits per heavy atom. The summed E-state index contributed by atoms with van der Waals surface area (Å²) in [5.41, 5.74) is 3.90. The summed E-state index contributed by atoms with van der Waals surface area (Å²) in [6.45, 7) is 2.21. The maximum atomic E-state index is 13.4. The van der Waals surface area contributed by atoms with Gasteiger partial charge in [0.25, 0.3) is 17.8 Å². The lowest BCUT2D eigenvalue weighted by molar-refractivity contribution is 0.0929. The molecule has 0 bridgehead atoms. The van der Waals surface area contributed by atoms with Crippen molar-refractivity contribution in [2.24, 2.45) is 0 Å². The number of H-pyrrole nitrogens is 1. The van der Waals surface area contributed by atoms with Crippen LogP contribution in [-0.4, -0.2) is 42.2 Å². The summed E-state index contributed by atoms with van der Waals surface area (Å²) in [7, 11) is 0. The third-order valence-electron chi connectivity index (χ3n) is 5.99. The van der Waals surface area contributed by atoms with E-state index < -0.39 is 0 Å². The van der Waals surface area contributed by atoms with Gasteiger partial charge in [-0.25, -0.2) is 0 Å². The number of halogens is 2. The summed E-state index contributed by atoms with van der Waals surface area (Å²) in [4.78, 5) is 25.8. The van der Waals surface area contributed by atoms with Crippen LogP contribution in [0.3, 0.4) is 0 Å². The van der Waals surface area contributed by atoms with Gasteiger partial charge in [0.2, 0.25) is 0 Å². The summed E-state index contributed by atoms with van der Waals surface area (Å²) in [6.07, 6.45) is 0. The minimum absolute atomic E-state index is 0.0795. The number of hydrogen-bond donors (Lipinski definition) is 3. The average Bonchev–Trinajstić information content (AvgIpc) is 3.61. The van der Waals surface area contributed by atoms with Gasteiger partial charge in [0.05, 0.1) is 28.3 Å². The van der Waals surface area contributed by atoms with Crippen LogP contribution in [0.5, 0.6) is 0 Å². The highest BCUT2D eigenvalue weighted by atomic mass is 35.5. The molecule has 5 rings (SSSR count). The fourth-order valence-corrected chi connectivity index (χ4v) is 4.23. The van der Waals surface area contributed by atoms with Gasteiger partial charge >= 0.3 is 0 Å². The largest absolute Gasteiger partial charge is 0.344 e. The second kappa shape index (κ2) is 11.5. The van der Waals surface area contributed by atoms with E-state index in [9.17, 15) is 9.59 Å². The lowest BCUT2D eigenvalue weighted by atomic mass is 10.1. The lowest BCUT2D eigenvalue weighted by Crippen LogP contribution is -2.29. The van der Waals surface area contributed by atoms with Gasteiger partial charge in [-0.15, -0.1) is 5.10 Å². The maximum Gasteiger partial charge on any atom is 0.270 e. The number of anilines is 1. The topological polar surface area (TPSA) is 130 Å². The van der Waals surface area contributed by atoms with E-state index in [0.717, 1.165) is 16.7 Å². The zero-order chi connectivity index (χ0) is 27.4. The van der Waals surface area contributed by atoms with Crippen molar-refractivity contribution in [3.8, 4) is 11.3 Å². The molecule has 0 aliphatic carbocycles. The fourth-order valence-electron chi connectivity index (χ4n) is 3.94. The third kappa shape index (κ3) is 6.14. The Bertz CT molecular complexity index is 1600. The first-order chi connectivity index (χ1) is 18.9. The SMILES string of the molecule is C[C@H](NC(=O)c1cc(-c2ccc(Cl)c(Cl)c2)nn1Cc1ccc(C(=O)Nc2nn[nH]n2)cc1)c1ccccc1. The number of nitrogens with zero attached hydrogens (tertiary/aromatic N) is 5. The Hall–Kier alpha value is -4.54. The van der Waals surface area contributed by atoms with Crippen LogP contribution in [0, 0.1) is 0 Å². The van der Waals surface area contributed by atoms with Crippen molar-refractivity contribution in [1.82, 2.24) is 35.7 Å². The Kier molecular flexibility index (Phi) is 7.67. The molecule has 0 saturated heterocycles. The third-order valence-corrected chi connectivity index (χ3v) is 6.73. The van der Waals surface area contributed by atoms with E-state index in [-0.39, 0.29) is 30.3 Å². The first-order valence-electron chi connectivity index (χ1n) is 11.9. The second-order valence-electron chi connectivity index (χ2n) is 8.69. The number of hydrogen-bond acceptors (Lipinski definition) is 6. The molecule has 12 heteroatoms. The van der Waals surface area contributed by atoms with Crippen molar-refractivity contribution in [3.63, 3.8) is 0 Å². The van der Waals surface area contributed by atoms with E-state index in [1.165, 1.54) is 0 Å². The van der Waals surface area contributed by atoms with E-state index in [4.69, 9.17) is 28.3 Å². The molecule has 0 unspecified atom stereocenters. The molecule has 3 aromatic carbocycles. The van der Waals surface area contributed by atoms with Crippen molar-refractivity contribution >= 4 is 41.0 Å². The molecule has 2 aromatic heterocycles. The number of rotatable bonds is 8. The monoisotopic (exact) mass is 560 g/mol. The number of aromatic amines is 1. The zero-order valence-electron chi connectivity index (χ0n) is 20.6. The van der Waals surface area contributed by atoms with Crippen LogP contribution < -0.4 is 10.6 Å². The van der Waals surface area contributed by atoms with Gasteiger partial charge in [-0.05, 0) is 53.6 Å². The van der Waals surface area contributed by atoms with Gasteiger partial charge < -0.3 is 5.32 Å². The molecule has 2 amide bonds. The molecule has 39 heavy (non-hydrogen) atoms. The standard InChI is InChI=1S/C27H22Cl2N8O2/c1-16(18-5-3-2-4-6-18)30-26(39)24-14-23(20-11-12-21(28)22(29)13-20)34-37(24)15-17-7-9-19(10-8-17)25(38)31-27-32-35-36-33-27/h2-14,16H,15H2,1H3,(H,30,39)(H2,31,32,33,35,36,38)/t16-/m0/s1. The molecular weight excluding hydrogens is 539 g/mol. The molecule has 196 valence electrons. The zero-order valence-corrected chi connectivity index (χ0v) is 22.1. The van der Waals surface area contributed by atoms with Crippen molar-refractivity contribution in [2.45, 2.75) is 19.5 Å². The highest BCUT2D eigenvalue weighted by Gasteiger charge is 2.20. The Labute approximate surface area is 233 Å². The highest BCUT2D eigenvalue weighted by Crippen LogP contribution is 2.29. The first-order valence-corrected chi connectivity index (χ1v) is 12.7. The molecule has 0 aliphatic heterocycles. The summed E-state index contributed by atoms with van der Waals surface area (Å²) in [5, 5.41) is 24.2. The number of tetrazole rings is 1. The van der Waals surface area contributed by atoms with Crippen molar-refractivity contribution in [1.29, 1.82) is 0 Å². The molecule has 5 aromatic rings. The lowest BCUT2D eigenvalue weighted by Gasteiger charge is -2.15. The van der Waals surface area contributed by atoms with E-state index in [1.807, 2.05) is 37.3 Å². The van der Waals surface area contributed by atoms with Crippen molar-refractivity contribution in [3.05, 3.63) is 111 Å². The van der Waals surface area contributed by atoms with Gasteiger partial charge in [-0.3, -0.25) is 19.6 Å². The number of benzene rings is 3. The number of amides is 2. The van der Waals surface area contributed by atoms with E-state index in [2.05, 4.69) is 31.3 Å². The molecule has 3 N–H and O–H groups in total. The summed E-state index contributed by atoms with van der Waals surface area (Å²) in [5.74, 6) is -0.573. The summed E-state index contributed by atoms with van der Waals surface area (Å²) >= 11 is 12.3. The number of carbonyl (C=O) groups is 2. The van der Waals surface area contributed by atoms with Crippen LogP contribution in [0.15, 0.2) is 78.9 Å². The minimum atomic E-state index is -0.376. The van der Waals surface area contributed by atoms with Gasteiger partial charge in [-0.1, -0.05) is 76.8 Å². The quantitative estimate of drug-likeness (QED) is 0.240. The molecule has 1 atom stereocenters. The van der Waals surface area contributed by atoms with Gasteiger partial charge in [0, 0.05) is 11.1 Å². The molecular formula is C27H22Cl2N8O2. The molecule has 0 aliphatic rings. The van der Waals surface area contributed by atoms with Crippen LogP contribution in [0.1, 0.15) is 44.9 Å². The van der Waals surface area contributed by atoms with E-state index in [0.29, 0.717) is 27.0 Å². The molecule has 2 heterocycles. The first kappa shape index (κ1) is 26.1. The Morgan fingerprint density at radius 3 is 2.41 bits per heavy atom. The smallest absolute Gasteiger partial charge is 0.270 e. The summed E-state index contributed by atoms with van der Waals surface area (Å²) < 4.78 is 1.62. The highest BCUT2D eigenvalue weighted by molar-refractivity contribution is 6.42. The van der Waals surface area contributed by atoms with E-state index >= 15 is 0 Å². The fraction of sp³-hybridized carbons (Fsp3) is 0.111. The van der Waals surface area contributed by atoms with Gasteiger partial charge in [0.1, 0.15) is 5.69 Å². The van der Waals surface area contributed by atoms with Crippen LogP contribution in [0.25, 0.3) is 11.3 Å². The van der Waals surface area contributed by atoms with Gasteiger partial charge in [0.15, 0.2) is 0 Å². The van der Waals surface area contributed by atoms with Crippen LogP contribution in [-0.2, 0) is 6.54 Å². The molecule has 0 spiro atoms. The van der Waals surface area contributed by atoms with Crippen molar-refractivity contribution < 1.29 is 9.59 Å². The van der Waals surface area contributed by atoms with Crippen molar-refractivity contribution in [2.75, 3.05) is 5.32 Å². The second-order valence-corrected chi connectivity index (χ2v) is 9.51. The molecule has 10 nitrogen and oxygen atoms in total. The molecule has 0 fully saturated rings. The normalized spacial score (nSPS) is 11.7. The number of aromatic nitrogens is 6. The Balaban J connectivity index is 1.41. The van der Waals surface area contributed by atoms with Crippen LogP contribution in [0.4, 0.5) is 5.95 Å². The Morgan fingerprint density at radius 1 is 0.949 bits per heavy atom. The average molecular weight is 561 g/mol. The van der Waals surface area contributed by atoms with Crippen LogP contribution >= 0.6 is 23.2 Å². The van der Waals surface area contributed by atoms with Crippen LogP contribution in [0.2, 0.25) is 10.0 Å².